The number of hydrogen-bond acceptors (Lipinski definition) is 6. The zero-order valence-electron chi connectivity index (χ0n) is 12.6. The maximum Gasteiger partial charge on any atom is 0.322 e. The van der Waals surface area contributed by atoms with E-state index in [4.69, 9.17) is 4.74 Å². The van der Waals surface area contributed by atoms with Crippen molar-refractivity contribution in [2.75, 3.05) is 37.5 Å². The van der Waals surface area contributed by atoms with Crippen molar-refractivity contribution < 1.29 is 4.74 Å². The molecule has 0 aliphatic rings. The first kappa shape index (κ1) is 15.5. The number of hydrogen-bond donors (Lipinski definition) is 1. The van der Waals surface area contributed by atoms with E-state index in [1.54, 1.807) is 14.2 Å². The molecule has 0 fully saturated rings. The number of nitrogens with one attached hydrogen (secondary N) is 1. The van der Waals surface area contributed by atoms with E-state index in [-0.39, 0.29) is 0 Å². The predicted octanol–water partition coefficient (Wildman–Crippen LogP) is 2.18. The van der Waals surface area contributed by atoms with Crippen LogP contribution >= 0.6 is 0 Å². The van der Waals surface area contributed by atoms with Crippen LogP contribution in [0.15, 0.2) is 0 Å². The number of rotatable bonds is 8. The average Bonchev–Trinajstić information content (AvgIpc) is 2.48. The lowest BCUT2D eigenvalue weighted by Gasteiger charge is -2.25. The predicted molar refractivity (Wildman–Crippen MR) is 77.9 cm³/mol. The largest absolute Gasteiger partial charge is 0.467 e. The molecule has 0 atom stereocenters. The molecule has 1 aromatic heterocycles. The van der Waals surface area contributed by atoms with Gasteiger partial charge in [-0.3, -0.25) is 0 Å². The van der Waals surface area contributed by atoms with Gasteiger partial charge < -0.3 is 15.0 Å². The van der Waals surface area contributed by atoms with Crippen LogP contribution in [0.2, 0.25) is 0 Å². The first-order chi connectivity index (χ1) is 9.18. The fraction of sp³-hybridized carbons (Fsp3) is 0.769. The van der Waals surface area contributed by atoms with E-state index in [9.17, 15) is 0 Å². The van der Waals surface area contributed by atoms with Crippen molar-refractivity contribution in [3.63, 3.8) is 0 Å². The summed E-state index contributed by atoms with van der Waals surface area (Å²) in [7, 11) is 3.35. The molecule has 0 aliphatic heterocycles. The topological polar surface area (TPSA) is 63.2 Å². The summed E-state index contributed by atoms with van der Waals surface area (Å²) in [5.41, 5.74) is 0. The molecule has 0 unspecified atom stereocenters. The lowest BCUT2D eigenvalue weighted by Crippen LogP contribution is -2.31. The zero-order valence-corrected chi connectivity index (χ0v) is 12.6. The van der Waals surface area contributed by atoms with Crippen molar-refractivity contribution in [3.8, 4) is 6.01 Å². The van der Waals surface area contributed by atoms with Crippen LogP contribution in [0.5, 0.6) is 6.01 Å². The fourth-order valence-electron chi connectivity index (χ4n) is 1.90. The molecular formula is C13H25N5O. The lowest BCUT2D eigenvalue weighted by atomic mass is 10.0. The van der Waals surface area contributed by atoms with Crippen LogP contribution in [0, 0.1) is 5.92 Å². The third-order valence-corrected chi connectivity index (χ3v) is 3.31. The first-order valence-corrected chi connectivity index (χ1v) is 6.91. The molecule has 0 bridgehead atoms. The molecule has 6 heteroatoms. The van der Waals surface area contributed by atoms with Crippen LogP contribution in [0.25, 0.3) is 0 Å². The highest BCUT2D eigenvalue weighted by molar-refractivity contribution is 5.37. The summed E-state index contributed by atoms with van der Waals surface area (Å²) in [5.74, 6) is 1.86. The van der Waals surface area contributed by atoms with Gasteiger partial charge in [-0.25, -0.2) is 0 Å². The minimum absolute atomic E-state index is 0.345. The fourth-order valence-corrected chi connectivity index (χ4v) is 1.90. The lowest BCUT2D eigenvalue weighted by molar-refractivity contribution is 0.378. The number of nitrogens with zero attached hydrogens (tertiary/aromatic N) is 4. The third-order valence-electron chi connectivity index (χ3n) is 3.31. The van der Waals surface area contributed by atoms with Crippen molar-refractivity contribution in [2.45, 2.75) is 33.6 Å². The van der Waals surface area contributed by atoms with Crippen molar-refractivity contribution in [2.24, 2.45) is 5.92 Å². The SMILES string of the molecule is CCC(CC)CN(CC)c1nc(NC)nc(OC)n1. The number of anilines is 2. The minimum Gasteiger partial charge on any atom is -0.467 e. The number of aromatic nitrogens is 3. The molecule has 1 N–H and O–H groups in total. The molecule has 0 radical (unpaired) electrons. The standard InChI is InChI=1S/C13H25N5O/c1-6-10(7-2)9-18(8-3)12-15-11(14-4)16-13(17-12)19-5/h10H,6-9H2,1-5H3,(H,14,15,16,17). The van der Waals surface area contributed by atoms with Gasteiger partial charge in [-0.05, 0) is 12.8 Å². The van der Waals surface area contributed by atoms with E-state index < -0.39 is 0 Å². The van der Waals surface area contributed by atoms with Crippen LogP contribution in [0.1, 0.15) is 33.6 Å². The Kier molecular flexibility index (Phi) is 6.32. The molecule has 1 rings (SSSR count). The van der Waals surface area contributed by atoms with Crippen LogP contribution < -0.4 is 15.0 Å². The Labute approximate surface area is 115 Å². The summed E-state index contributed by atoms with van der Waals surface area (Å²) >= 11 is 0. The molecule has 108 valence electrons. The smallest absolute Gasteiger partial charge is 0.322 e. The van der Waals surface area contributed by atoms with E-state index in [0.717, 1.165) is 25.9 Å². The molecule has 0 aliphatic carbocycles. The van der Waals surface area contributed by atoms with Gasteiger partial charge in [0.05, 0.1) is 7.11 Å². The molecule has 1 heterocycles. The zero-order chi connectivity index (χ0) is 14.3. The van der Waals surface area contributed by atoms with Crippen molar-refractivity contribution in [1.29, 1.82) is 0 Å². The van der Waals surface area contributed by atoms with Gasteiger partial charge in [-0.1, -0.05) is 26.7 Å². The van der Waals surface area contributed by atoms with E-state index in [2.05, 4.69) is 45.9 Å². The highest BCUT2D eigenvalue weighted by Crippen LogP contribution is 2.18. The molecule has 1 aromatic rings. The maximum atomic E-state index is 5.12. The third kappa shape index (κ3) is 4.22. The second kappa shape index (κ2) is 7.76. The summed E-state index contributed by atoms with van der Waals surface area (Å²) in [6, 6.07) is 0.345. The quantitative estimate of drug-likeness (QED) is 0.779. The summed E-state index contributed by atoms with van der Waals surface area (Å²) in [6.45, 7) is 8.37. The van der Waals surface area contributed by atoms with Crippen LogP contribution in [-0.4, -0.2) is 42.2 Å². The molecule has 0 saturated heterocycles. The minimum atomic E-state index is 0.345. The highest BCUT2D eigenvalue weighted by Gasteiger charge is 2.15. The van der Waals surface area contributed by atoms with Crippen LogP contribution in [0.4, 0.5) is 11.9 Å². The summed E-state index contributed by atoms with van der Waals surface area (Å²) in [6.07, 6.45) is 2.32. The number of ether oxygens (including phenoxy) is 1. The van der Waals surface area contributed by atoms with Gasteiger partial charge >= 0.3 is 6.01 Å². The first-order valence-electron chi connectivity index (χ1n) is 6.91. The Bertz CT molecular complexity index is 359. The van der Waals surface area contributed by atoms with Crippen molar-refractivity contribution >= 4 is 11.9 Å². The van der Waals surface area contributed by atoms with Gasteiger partial charge in [0.25, 0.3) is 0 Å². The van der Waals surface area contributed by atoms with E-state index in [1.165, 1.54) is 0 Å². The second-order valence-electron chi connectivity index (χ2n) is 4.42. The Hall–Kier alpha value is -1.59. The normalized spacial score (nSPS) is 10.6. The molecule has 0 aromatic carbocycles. The van der Waals surface area contributed by atoms with E-state index in [0.29, 0.717) is 23.8 Å². The van der Waals surface area contributed by atoms with Gasteiger partial charge in [-0.15, -0.1) is 0 Å². The van der Waals surface area contributed by atoms with E-state index >= 15 is 0 Å². The molecular weight excluding hydrogens is 242 g/mol. The molecule has 0 amide bonds. The van der Waals surface area contributed by atoms with Crippen molar-refractivity contribution in [3.05, 3.63) is 0 Å². The van der Waals surface area contributed by atoms with E-state index in [1.807, 2.05) is 0 Å². The second-order valence-corrected chi connectivity index (χ2v) is 4.42. The molecule has 6 nitrogen and oxygen atoms in total. The monoisotopic (exact) mass is 267 g/mol. The Morgan fingerprint density at radius 2 is 1.84 bits per heavy atom. The molecule has 0 spiro atoms. The highest BCUT2D eigenvalue weighted by atomic mass is 16.5. The molecule has 19 heavy (non-hydrogen) atoms. The Balaban J connectivity index is 2.96. The van der Waals surface area contributed by atoms with Crippen molar-refractivity contribution in [1.82, 2.24) is 15.0 Å². The summed E-state index contributed by atoms with van der Waals surface area (Å²) < 4.78 is 5.12. The Morgan fingerprint density at radius 3 is 2.32 bits per heavy atom. The average molecular weight is 267 g/mol. The van der Waals surface area contributed by atoms with Crippen LogP contribution in [-0.2, 0) is 0 Å². The van der Waals surface area contributed by atoms with Gasteiger partial charge in [-0.2, -0.15) is 15.0 Å². The van der Waals surface area contributed by atoms with Gasteiger partial charge in [0, 0.05) is 20.1 Å². The molecule has 0 saturated carbocycles. The maximum absolute atomic E-state index is 5.12. The number of methoxy groups -OCH3 is 1. The Morgan fingerprint density at radius 1 is 1.16 bits per heavy atom. The summed E-state index contributed by atoms with van der Waals surface area (Å²) in [5, 5.41) is 2.93. The summed E-state index contributed by atoms with van der Waals surface area (Å²) in [4.78, 5) is 15.0. The van der Waals surface area contributed by atoms with Gasteiger partial charge in [0.1, 0.15) is 0 Å². The van der Waals surface area contributed by atoms with Gasteiger partial charge in [0.15, 0.2) is 0 Å². The van der Waals surface area contributed by atoms with Crippen LogP contribution in [0.3, 0.4) is 0 Å². The van der Waals surface area contributed by atoms with Gasteiger partial charge in [0.2, 0.25) is 11.9 Å².